The van der Waals surface area contributed by atoms with Crippen molar-refractivity contribution in [3.05, 3.63) is 0 Å². The summed E-state index contributed by atoms with van der Waals surface area (Å²) in [6.45, 7) is 2.86. The normalized spacial score (nSPS) is 28.8. The fourth-order valence-corrected chi connectivity index (χ4v) is 5.26. The summed E-state index contributed by atoms with van der Waals surface area (Å²) in [4.78, 5) is 12.1. The molecule has 0 radical (unpaired) electrons. The predicted octanol–water partition coefficient (Wildman–Crippen LogP) is 2.53. The van der Waals surface area contributed by atoms with Gasteiger partial charge in [-0.2, -0.15) is 0 Å². The Morgan fingerprint density at radius 2 is 1.71 bits per heavy atom. The number of amides is 1. The molecule has 2 aliphatic rings. The van der Waals surface area contributed by atoms with Gasteiger partial charge in [0.15, 0.2) is 9.84 Å². The van der Waals surface area contributed by atoms with E-state index in [0.717, 1.165) is 25.2 Å². The van der Waals surface area contributed by atoms with Gasteiger partial charge in [-0.15, -0.1) is 0 Å². The van der Waals surface area contributed by atoms with E-state index in [-0.39, 0.29) is 17.7 Å². The highest BCUT2D eigenvalue weighted by molar-refractivity contribution is 7.92. The Morgan fingerprint density at radius 1 is 1.05 bits per heavy atom. The summed E-state index contributed by atoms with van der Waals surface area (Å²) in [7, 11) is -2.73. The van der Waals surface area contributed by atoms with Crippen molar-refractivity contribution in [1.29, 1.82) is 0 Å². The Morgan fingerprint density at radius 3 is 2.29 bits per heavy atom. The maximum Gasteiger partial charge on any atom is 0.223 e. The molecule has 0 spiro atoms. The quantitative estimate of drug-likeness (QED) is 0.785. The molecule has 0 atom stereocenters. The second-order valence-corrected chi connectivity index (χ2v) is 9.04. The molecule has 1 saturated heterocycles. The molecular weight excluding hydrogens is 286 g/mol. The number of rotatable bonds is 7. The largest absolute Gasteiger partial charge is 0.356 e. The molecule has 2 rings (SSSR count). The average Bonchev–Trinajstić information content (AvgIpc) is 2.43. The van der Waals surface area contributed by atoms with E-state index in [2.05, 4.69) is 12.2 Å². The molecule has 122 valence electrons. The Kier molecular flexibility index (Phi) is 6.08. The van der Waals surface area contributed by atoms with E-state index in [1.807, 2.05) is 0 Å². The molecule has 1 saturated carbocycles. The molecule has 0 aromatic rings. The first-order valence-electron chi connectivity index (χ1n) is 8.48. The lowest BCUT2D eigenvalue weighted by atomic mass is 9.79. The van der Waals surface area contributed by atoms with E-state index in [9.17, 15) is 13.2 Å². The standard InChI is InChI=1S/C16H29NO3S/c1-2-3-4-13-5-7-15(8-6-13)16(18)17-10-9-14-11-21(19,20)12-14/h13-15H,2-12H2,1H3,(H,17,18). The van der Waals surface area contributed by atoms with Crippen LogP contribution in [0.15, 0.2) is 0 Å². The number of sulfone groups is 1. The zero-order valence-electron chi connectivity index (χ0n) is 13.1. The van der Waals surface area contributed by atoms with Crippen LogP contribution in [0.3, 0.4) is 0 Å². The highest BCUT2D eigenvalue weighted by Crippen LogP contribution is 2.32. The molecule has 1 amide bonds. The topological polar surface area (TPSA) is 63.2 Å². The maximum atomic E-state index is 12.1. The van der Waals surface area contributed by atoms with Gasteiger partial charge in [0.1, 0.15) is 0 Å². The van der Waals surface area contributed by atoms with Crippen molar-refractivity contribution in [2.45, 2.75) is 58.3 Å². The van der Waals surface area contributed by atoms with Crippen LogP contribution in [-0.2, 0) is 14.6 Å². The zero-order chi connectivity index (χ0) is 15.3. The van der Waals surface area contributed by atoms with Crippen LogP contribution in [0.4, 0.5) is 0 Å². The number of nitrogens with one attached hydrogen (secondary N) is 1. The molecular formula is C16H29NO3S. The van der Waals surface area contributed by atoms with E-state index < -0.39 is 9.84 Å². The SMILES string of the molecule is CCCCC1CCC(C(=O)NCCC2CS(=O)(=O)C2)CC1. The van der Waals surface area contributed by atoms with Crippen LogP contribution >= 0.6 is 0 Å². The highest BCUT2D eigenvalue weighted by Gasteiger charge is 2.33. The lowest BCUT2D eigenvalue weighted by molar-refractivity contribution is -0.126. The van der Waals surface area contributed by atoms with Crippen LogP contribution in [0.5, 0.6) is 0 Å². The summed E-state index contributed by atoms with van der Waals surface area (Å²) in [5.41, 5.74) is 0. The Hall–Kier alpha value is -0.580. The fourth-order valence-electron chi connectivity index (χ4n) is 3.59. The smallest absolute Gasteiger partial charge is 0.223 e. The van der Waals surface area contributed by atoms with E-state index in [4.69, 9.17) is 0 Å². The zero-order valence-corrected chi connectivity index (χ0v) is 14.0. The Balaban J connectivity index is 1.57. The molecule has 1 heterocycles. The van der Waals surface area contributed by atoms with Gasteiger partial charge >= 0.3 is 0 Å². The first kappa shape index (κ1) is 16.8. The first-order valence-corrected chi connectivity index (χ1v) is 10.3. The van der Waals surface area contributed by atoms with Gasteiger partial charge in [-0.1, -0.05) is 26.2 Å². The lowest BCUT2D eigenvalue weighted by Crippen LogP contribution is -2.40. The van der Waals surface area contributed by atoms with E-state index in [1.165, 1.54) is 32.1 Å². The van der Waals surface area contributed by atoms with Crippen LogP contribution in [0.2, 0.25) is 0 Å². The molecule has 5 heteroatoms. The first-order chi connectivity index (χ1) is 10.00. The minimum atomic E-state index is -2.73. The molecule has 21 heavy (non-hydrogen) atoms. The monoisotopic (exact) mass is 315 g/mol. The van der Waals surface area contributed by atoms with E-state index in [0.29, 0.717) is 18.1 Å². The average molecular weight is 315 g/mol. The minimum absolute atomic E-state index is 0.186. The number of carbonyl (C=O) groups is 1. The molecule has 1 aliphatic heterocycles. The second kappa shape index (κ2) is 7.61. The number of hydrogen-bond donors (Lipinski definition) is 1. The highest BCUT2D eigenvalue weighted by atomic mass is 32.2. The van der Waals surface area contributed by atoms with Crippen LogP contribution in [0.1, 0.15) is 58.3 Å². The lowest BCUT2D eigenvalue weighted by Gasteiger charge is -2.28. The van der Waals surface area contributed by atoms with Gasteiger partial charge < -0.3 is 5.32 Å². The van der Waals surface area contributed by atoms with Crippen LogP contribution < -0.4 is 5.32 Å². The molecule has 1 aliphatic carbocycles. The van der Waals surface area contributed by atoms with E-state index in [1.54, 1.807) is 0 Å². The molecule has 4 nitrogen and oxygen atoms in total. The van der Waals surface area contributed by atoms with Gasteiger partial charge in [0, 0.05) is 12.5 Å². The van der Waals surface area contributed by atoms with Gasteiger partial charge in [0.2, 0.25) is 5.91 Å². The summed E-state index contributed by atoms with van der Waals surface area (Å²) < 4.78 is 22.1. The summed E-state index contributed by atoms with van der Waals surface area (Å²) in [5, 5.41) is 3.00. The maximum absolute atomic E-state index is 12.1. The molecule has 1 N–H and O–H groups in total. The van der Waals surface area contributed by atoms with Gasteiger partial charge in [-0.05, 0) is 43.9 Å². The summed E-state index contributed by atoms with van der Waals surface area (Å²) in [6, 6.07) is 0. The molecule has 2 fully saturated rings. The van der Waals surface area contributed by atoms with Crippen molar-refractivity contribution >= 4 is 15.7 Å². The van der Waals surface area contributed by atoms with Crippen molar-refractivity contribution in [3.63, 3.8) is 0 Å². The Labute approximate surface area is 129 Å². The predicted molar refractivity (Wildman–Crippen MR) is 84.7 cm³/mol. The third-order valence-electron chi connectivity index (χ3n) is 5.01. The van der Waals surface area contributed by atoms with Gasteiger partial charge in [-0.3, -0.25) is 4.79 Å². The third kappa shape index (κ3) is 5.28. The third-order valence-corrected chi connectivity index (χ3v) is 6.97. The number of hydrogen-bond acceptors (Lipinski definition) is 3. The minimum Gasteiger partial charge on any atom is -0.356 e. The van der Waals surface area contributed by atoms with Crippen LogP contribution in [0.25, 0.3) is 0 Å². The second-order valence-electron chi connectivity index (χ2n) is 6.88. The van der Waals surface area contributed by atoms with Gasteiger partial charge in [0.05, 0.1) is 11.5 Å². The van der Waals surface area contributed by atoms with Gasteiger partial charge in [-0.25, -0.2) is 8.42 Å². The fraction of sp³-hybridized carbons (Fsp3) is 0.938. The molecule has 0 bridgehead atoms. The summed E-state index contributed by atoms with van der Waals surface area (Å²) in [5.74, 6) is 2.09. The van der Waals surface area contributed by atoms with Crippen molar-refractivity contribution in [1.82, 2.24) is 5.32 Å². The van der Waals surface area contributed by atoms with Crippen LogP contribution in [0, 0.1) is 17.8 Å². The summed E-state index contributed by atoms with van der Waals surface area (Å²) >= 11 is 0. The number of carbonyl (C=O) groups excluding carboxylic acids is 1. The van der Waals surface area contributed by atoms with Crippen molar-refractivity contribution in [2.75, 3.05) is 18.1 Å². The number of unbranched alkanes of at least 4 members (excludes halogenated alkanes) is 1. The van der Waals surface area contributed by atoms with Crippen molar-refractivity contribution in [3.8, 4) is 0 Å². The van der Waals surface area contributed by atoms with E-state index >= 15 is 0 Å². The van der Waals surface area contributed by atoms with Crippen molar-refractivity contribution in [2.24, 2.45) is 17.8 Å². The van der Waals surface area contributed by atoms with Crippen molar-refractivity contribution < 1.29 is 13.2 Å². The molecule has 0 aromatic carbocycles. The molecule has 0 aromatic heterocycles. The summed E-state index contributed by atoms with van der Waals surface area (Å²) in [6.07, 6.45) is 9.13. The van der Waals surface area contributed by atoms with Crippen LogP contribution in [-0.4, -0.2) is 32.4 Å². The molecule has 0 unspecified atom stereocenters. The Bertz CT molecular complexity index is 426. The van der Waals surface area contributed by atoms with Gasteiger partial charge in [0.25, 0.3) is 0 Å².